The minimum Gasteiger partial charge on any atom is -0.468 e. The third kappa shape index (κ3) is 7.26. The molecule has 2 rings (SSSR count). The highest BCUT2D eigenvalue weighted by molar-refractivity contribution is 7.98. The maximum absolute atomic E-state index is 12.4. The van der Waals surface area contributed by atoms with Crippen LogP contribution < -0.4 is 10.1 Å². The molecule has 0 spiro atoms. The topological polar surface area (TPSA) is 73.3 Å². The van der Waals surface area contributed by atoms with E-state index in [2.05, 4.69) is 15.3 Å². The van der Waals surface area contributed by atoms with Crippen molar-refractivity contribution < 1.29 is 27.4 Å². The van der Waals surface area contributed by atoms with Crippen molar-refractivity contribution in [3.63, 3.8) is 0 Å². The average molecular weight is 415 g/mol. The molecular weight excluding hydrogens is 395 g/mol. The first kappa shape index (κ1) is 21.8. The molecule has 0 amide bonds. The van der Waals surface area contributed by atoms with Gasteiger partial charge in [-0.3, -0.25) is 0 Å². The third-order valence-corrected chi connectivity index (χ3v) is 3.59. The van der Waals surface area contributed by atoms with E-state index in [9.17, 15) is 18.0 Å². The number of hydrogen-bond acceptors (Lipinski definition) is 7. The van der Waals surface area contributed by atoms with Gasteiger partial charge in [-0.2, -0.15) is 18.2 Å². The van der Waals surface area contributed by atoms with E-state index in [-0.39, 0.29) is 16.9 Å². The summed E-state index contributed by atoms with van der Waals surface area (Å²) in [6.45, 7) is 3.88. The lowest BCUT2D eigenvalue weighted by atomic mass is 10.1. The third-order valence-electron chi connectivity index (χ3n) is 3.04. The summed E-state index contributed by atoms with van der Waals surface area (Å²) >= 11 is 1.17. The van der Waals surface area contributed by atoms with Crippen LogP contribution in [0.5, 0.6) is 5.88 Å². The van der Waals surface area contributed by atoms with Crippen molar-refractivity contribution in [2.75, 3.05) is 18.2 Å². The molecule has 6 nitrogen and oxygen atoms in total. The maximum Gasteiger partial charge on any atom is 0.422 e. The Hall–Kier alpha value is -2.49. The van der Waals surface area contributed by atoms with Gasteiger partial charge in [0.25, 0.3) is 0 Å². The van der Waals surface area contributed by atoms with Crippen molar-refractivity contribution in [3.8, 4) is 5.88 Å². The second-order valence-electron chi connectivity index (χ2n) is 6.69. The van der Waals surface area contributed by atoms with E-state index in [1.165, 1.54) is 17.8 Å². The van der Waals surface area contributed by atoms with Crippen molar-refractivity contribution in [1.82, 2.24) is 9.97 Å². The largest absolute Gasteiger partial charge is 0.468 e. The van der Waals surface area contributed by atoms with Gasteiger partial charge in [-0.25, -0.2) is 9.78 Å². The number of thioether (sulfide) groups is 1. The van der Waals surface area contributed by atoms with E-state index < -0.39 is 24.4 Å². The summed E-state index contributed by atoms with van der Waals surface area (Å²) in [5, 5.41) is 3.21. The molecule has 1 heterocycles. The maximum atomic E-state index is 12.4. The van der Waals surface area contributed by atoms with Gasteiger partial charge in [-0.15, -0.1) is 0 Å². The zero-order chi connectivity index (χ0) is 20.9. The van der Waals surface area contributed by atoms with E-state index in [0.717, 1.165) is 0 Å². The van der Waals surface area contributed by atoms with Gasteiger partial charge in [-0.05, 0) is 51.3 Å². The molecule has 10 heteroatoms. The first-order valence-electron chi connectivity index (χ1n) is 8.18. The van der Waals surface area contributed by atoms with Gasteiger partial charge in [0.2, 0.25) is 5.88 Å². The zero-order valence-electron chi connectivity index (χ0n) is 15.8. The molecule has 0 aliphatic carbocycles. The lowest BCUT2D eigenvalue weighted by Crippen LogP contribution is -2.23. The van der Waals surface area contributed by atoms with E-state index in [1.807, 2.05) is 0 Å². The number of benzene rings is 1. The summed E-state index contributed by atoms with van der Waals surface area (Å²) in [5.41, 5.74) is 0.359. The van der Waals surface area contributed by atoms with Gasteiger partial charge in [0.05, 0.1) is 5.56 Å². The fourth-order valence-corrected chi connectivity index (χ4v) is 2.33. The highest BCUT2D eigenvalue weighted by Crippen LogP contribution is 2.24. The molecular formula is C18H20F3N3O3S. The summed E-state index contributed by atoms with van der Waals surface area (Å²) in [5.74, 6) is -0.375. The smallest absolute Gasteiger partial charge is 0.422 e. The van der Waals surface area contributed by atoms with Crippen LogP contribution in [0.2, 0.25) is 0 Å². The molecule has 152 valence electrons. The van der Waals surface area contributed by atoms with Crippen molar-refractivity contribution in [2.45, 2.75) is 37.7 Å². The Bertz CT molecular complexity index is 822. The lowest BCUT2D eigenvalue weighted by Gasteiger charge is -2.19. The number of nitrogens with zero attached hydrogens (tertiary/aromatic N) is 2. The second kappa shape index (κ2) is 8.68. The molecule has 28 heavy (non-hydrogen) atoms. The zero-order valence-corrected chi connectivity index (χ0v) is 16.6. The first-order valence-corrected chi connectivity index (χ1v) is 9.41. The number of alkyl halides is 3. The van der Waals surface area contributed by atoms with E-state index in [4.69, 9.17) is 9.47 Å². The Morgan fingerprint density at radius 2 is 1.79 bits per heavy atom. The normalized spacial score (nSPS) is 11.8. The number of rotatable bonds is 6. The Balaban J connectivity index is 2.13. The lowest BCUT2D eigenvalue weighted by molar-refractivity contribution is -0.154. The first-order chi connectivity index (χ1) is 12.9. The van der Waals surface area contributed by atoms with E-state index in [0.29, 0.717) is 11.3 Å². The Morgan fingerprint density at radius 3 is 2.32 bits per heavy atom. The number of carbonyl (C=O) groups excluding carboxylic acids is 1. The summed E-state index contributed by atoms with van der Waals surface area (Å²) < 4.78 is 47.0. The predicted molar refractivity (Wildman–Crippen MR) is 100 cm³/mol. The highest BCUT2D eigenvalue weighted by atomic mass is 32.2. The quantitative estimate of drug-likeness (QED) is 0.411. The number of esters is 1. The number of aromatic nitrogens is 2. The van der Waals surface area contributed by atoms with Crippen LogP contribution in [0.3, 0.4) is 0 Å². The van der Waals surface area contributed by atoms with Gasteiger partial charge in [0.15, 0.2) is 11.8 Å². The van der Waals surface area contributed by atoms with Crippen molar-refractivity contribution in [2.24, 2.45) is 0 Å². The SMILES string of the molecule is CSc1nc(Nc2ccc(C(=O)OC(C)(C)C)cc2)cc(OCC(F)(F)F)n1. The summed E-state index contributed by atoms with van der Waals surface area (Å²) in [6, 6.07) is 7.70. The van der Waals surface area contributed by atoms with E-state index in [1.54, 1.807) is 51.3 Å². The number of carbonyl (C=O) groups is 1. The standard InChI is InChI=1S/C18H20F3N3O3S/c1-17(2,3)27-15(25)11-5-7-12(8-6-11)22-13-9-14(24-16(23-13)28-4)26-10-18(19,20)21/h5-9H,10H2,1-4H3,(H,22,23,24). The Morgan fingerprint density at radius 1 is 1.14 bits per heavy atom. The molecule has 0 aliphatic heterocycles. The van der Waals surface area contributed by atoms with Crippen molar-refractivity contribution >= 4 is 29.2 Å². The van der Waals surface area contributed by atoms with E-state index >= 15 is 0 Å². The fraction of sp³-hybridized carbons (Fsp3) is 0.389. The van der Waals surface area contributed by atoms with Crippen molar-refractivity contribution in [1.29, 1.82) is 0 Å². The van der Waals surface area contributed by atoms with Gasteiger partial charge < -0.3 is 14.8 Å². The molecule has 0 saturated heterocycles. The van der Waals surface area contributed by atoms with Crippen LogP contribution in [0.15, 0.2) is 35.5 Å². The van der Waals surface area contributed by atoms with Gasteiger partial charge in [0, 0.05) is 11.8 Å². The van der Waals surface area contributed by atoms with Gasteiger partial charge >= 0.3 is 12.1 Å². The number of nitrogens with one attached hydrogen (secondary N) is 1. The Labute approximate surface area is 164 Å². The van der Waals surface area contributed by atoms with Gasteiger partial charge in [0.1, 0.15) is 11.4 Å². The highest BCUT2D eigenvalue weighted by Gasteiger charge is 2.29. The number of halogens is 3. The Kier molecular flexibility index (Phi) is 6.76. The molecule has 0 bridgehead atoms. The molecule has 1 aromatic heterocycles. The summed E-state index contributed by atoms with van der Waals surface area (Å²) in [4.78, 5) is 20.1. The predicted octanol–water partition coefficient (Wildman–Crippen LogP) is 4.84. The minimum atomic E-state index is -4.46. The molecule has 0 fully saturated rings. The van der Waals surface area contributed by atoms with Crippen LogP contribution >= 0.6 is 11.8 Å². The molecule has 0 saturated carbocycles. The second-order valence-corrected chi connectivity index (χ2v) is 7.46. The molecule has 0 aliphatic rings. The molecule has 0 unspecified atom stereocenters. The monoisotopic (exact) mass is 415 g/mol. The van der Waals surface area contributed by atoms with Gasteiger partial charge in [-0.1, -0.05) is 11.8 Å². The van der Waals surface area contributed by atoms with Crippen LogP contribution in [-0.4, -0.2) is 40.6 Å². The number of ether oxygens (including phenoxy) is 2. The fourth-order valence-electron chi connectivity index (χ4n) is 1.96. The average Bonchev–Trinajstić information content (AvgIpc) is 2.58. The molecule has 0 atom stereocenters. The van der Waals surface area contributed by atoms with Crippen LogP contribution in [-0.2, 0) is 4.74 Å². The van der Waals surface area contributed by atoms with Crippen LogP contribution in [0, 0.1) is 0 Å². The number of hydrogen-bond donors (Lipinski definition) is 1. The molecule has 0 radical (unpaired) electrons. The van der Waals surface area contributed by atoms with Crippen molar-refractivity contribution in [3.05, 3.63) is 35.9 Å². The van der Waals surface area contributed by atoms with Crippen LogP contribution in [0.1, 0.15) is 31.1 Å². The molecule has 1 aromatic carbocycles. The van der Waals surface area contributed by atoms with Crippen LogP contribution in [0.25, 0.3) is 0 Å². The molecule has 1 N–H and O–H groups in total. The van der Waals surface area contributed by atoms with Crippen LogP contribution in [0.4, 0.5) is 24.7 Å². The minimum absolute atomic E-state index is 0.190. The summed E-state index contributed by atoms with van der Waals surface area (Å²) in [7, 11) is 0. The molecule has 2 aromatic rings. The summed E-state index contributed by atoms with van der Waals surface area (Å²) in [6.07, 6.45) is -2.77. The number of anilines is 2.